The molecule has 0 unspecified atom stereocenters. The van der Waals surface area contributed by atoms with Crippen LogP contribution in [0.3, 0.4) is 0 Å². The molecule has 46 heavy (non-hydrogen) atoms. The number of hydrogen-bond donors (Lipinski definition) is 0. The Morgan fingerprint density at radius 3 is 1.00 bits per heavy atom. The first kappa shape index (κ1) is 28.1. The Morgan fingerprint density at radius 2 is 0.674 bits per heavy atom. The molecule has 0 atom stereocenters. The molecule has 0 heterocycles. The maximum Gasteiger partial charge on any atom is 0.138 e. The first-order chi connectivity index (χ1) is 22.2. The quantitative estimate of drug-likeness (QED) is 0.146. The number of allylic oxidation sites excluding steroid dienone is 2. The van der Waals surface area contributed by atoms with Crippen molar-refractivity contribution in [2.75, 3.05) is 0 Å². The van der Waals surface area contributed by atoms with Crippen molar-refractivity contribution >= 4 is 11.1 Å². The van der Waals surface area contributed by atoms with Gasteiger partial charge in [-0.1, -0.05) is 24.3 Å². The third-order valence-corrected chi connectivity index (χ3v) is 8.19. The van der Waals surface area contributed by atoms with Crippen LogP contribution in [0.5, 0.6) is 0 Å². The monoisotopic (exact) mass is 602 g/mol. The second-order valence-corrected chi connectivity index (χ2v) is 10.7. The highest BCUT2D eigenvalue weighted by atomic mass is 19.1. The van der Waals surface area contributed by atoms with Crippen molar-refractivity contribution in [3.05, 3.63) is 142 Å². The van der Waals surface area contributed by atoms with Crippen LogP contribution in [0.1, 0.15) is 22.3 Å². The molecular formula is C38H14F4N4. The molecule has 7 rings (SSSR count). The lowest BCUT2D eigenvalue weighted by molar-refractivity contribution is 0.583. The van der Waals surface area contributed by atoms with Crippen molar-refractivity contribution in [3.63, 3.8) is 0 Å². The van der Waals surface area contributed by atoms with E-state index >= 15 is 0 Å². The van der Waals surface area contributed by atoms with E-state index < -0.39 is 23.3 Å². The molecular weight excluding hydrogens is 588 g/mol. The van der Waals surface area contributed by atoms with Crippen LogP contribution in [0.15, 0.2) is 96.1 Å². The molecule has 0 N–H and O–H groups in total. The third kappa shape index (κ3) is 4.26. The second kappa shape index (κ2) is 10.5. The van der Waals surface area contributed by atoms with Crippen LogP contribution in [-0.2, 0) is 0 Å². The summed E-state index contributed by atoms with van der Waals surface area (Å²) in [5.41, 5.74) is 6.44. The van der Waals surface area contributed by atoms with E-state index in [2.05, 4.69) is 0 Å². The van der Waals surface area contributed by atoms with Crippen molar-refractivity contribution < 1.29 is 17.6 Å². The lowest BCUT2D eigenvalue weighted by Gasteiger charge is -2.08. The first-order valence-corrected chi connectivity index (χ1v) is 13.7. The summed E-state index contributed by atoms with van der Waals surface area (Å²) in [4.78, 5) is 0. The molecule has 0 radical (unpaired) electrons. The fourth-order valence-electron chi connectivity index (χ4n) is 6.33. The highest BCUT2D eigenvalue weighted by Crippen LogP contribution is 2.54. The number of benzene rings is 5. The molecule has 0 fully saturated rings. The Bertz CT molecular complexity index is 2220. The zero-order valence-electron chi connectivity index (χ0n) is 23.4. The molecule has 5 aromatic carbocycles. The Labute approximate surface area is 259 Å². The standard InChI is InChI=1S/C38H14F4N4/c39-25-5-21(6-26(40)11-25)19-1-3-29-31-13-36-32(14-35(31)37(33(29)9-19)23(15-43)16-44)30-4-2-20(22-7-27(41)12-28(42)8-22)10-34(30)38(36)24(17-45)18-46/h1-14H. The van der Waals surface area contributed by atoms with Crippen molar-refractivity contribution in [1.82, 2.24) is 0 Å². The summed E-state index contributed by atoms with van der Waals surface area (Å²) >= 11 is 0. The molecule has 8 heteroatoms. The van der Waals surface area contributed by atoms with Gasteiger partial charge in [0, 0.05) is 23.3 Å². The molecule has 0 aliphatic heterocycles. The normalized spacial score (nSPS) is 11.7. The van der Waals surface area contributed by atoms with E-state index in [1.807, 2.05) is 24.3 Å². The van der Waals surface area contributed by atoms with Gasteiger partial charge < -0.3 is 0 Å². The lowest BCUT2D eigenvalue weighted by Crippen LogP contribution is -1.91. The summed E-state index contributed by atoms with van der Waals surface area (Å²) in [7, 11) is 0. The van der Waals surface area contributed by atoms with Crippen LogP contribution in [0.4, 0.5) is 17.6 Å². The van der Waals surface area contributed by atoms with Gasteiger partial charge in [0.25, 0.3) is 0 Å². The zero-order chi connectivity index (χ0) is 32.3. The average molecular weight is 603 g/mol. The van der Waals surface area contributed by atoms with Crippen molar-refractivity contribution in [3.8, 4) is 68.8 Å². The van der Waals surface area contributed by atoms with Crippen LogP contribution in [0, 0.1) is 68.6 Å². The highest BCUT2D eigenvalue weighted by molar-refractivity contribution is 6.11. The van der Waals surface area contributed by atoms with Gasteiger partial charge in [0.05, 0.1) is 0 Å². The summed E-state index contributed by atoms with van der Waals surface area (Å²) in [5.74, 6) is -3.02. The molecule has 214 valence electrons. The van der Waals surface area contributed by atoms with Gasteiger partial charge in [-0.2, -0.15) is 21.0 Å². The Balaban J connectivity index is 1.49. The fraction of sp³-hybridized carbons (Fsp3) is 0. The van der Waals surface area contributed by atoms with E-state index in [-0.39, 0.29) is 22.3 Å². The Morgan fingerprint density at radius 1 is 0.348 bits per heavy atom. The van der Waals surface area contributed by atoms with Crippen LogP contribution in [0.25, 0.3) is 55.7 Å². The lowest BCUT2D eigenvalue weighted by atomic mass is 9.93. The smallest absolute Gasteiger partial charge is 0.138 e. The predicted molar refractivity (Wildman–Crippen MR) is 163 cm³/mol. The molecule has 0 aromatic heterocycles. The molecule has 4 nitrogen and oxygen atoms in total. The Kier molecular flexibility index (Phi) is 6.38. The maximum absolute atomic E-state index is 14.1. The highest BCUT2D eigenvalue weighted by Gasteiger charge is 2.34. The number of nitriles is 4. The summed E-state index contributed by atoms with van der Waals surface area (Å²) in [5, 5.41) is 39.8. The average Bonchev–Trinajstić information content (AvgIpc) is 3.52. The summed E-state index contributed by atoms with van der Waals surface area (Å²) in [6.45, 7) is 0. The largest absolute Gasteiger partial charge is 0.207 e. The van der Waals surface area contributed by atoms with E-state index in [0.29, 0.717) is 66.8 Å². The molecule has 5 aromatic rings. The number of nitrogens with zero attached hydrogens (tertiary/aromatic N) is 4. The zero-order valence-corrected chi connectivity index (χ0v) is 23.4. The van der Waals surface area contributed by atoms with Gasteiger partial charge in [-0.3, -0.25) is 0 Å². The first-order valence-electron chi connectivity index (χ1n) is 13.7. The van der Waals surface area contributed by atoms with Gasteiger partial charge in [0.2, 0.25) is 0 Å². The van der Waals surface area contributed by atoms with Gasteiger partial charge in [0.1, 0.15) is 58.7 Å². The van der Waals surface area contributed by atoms with Gasteiger partial charge in [0.15, 0.2) is 0 Å². The van der Waals surface area contributed by atoms with Gasteiger partial charge >= 0.3 is 0 Å². The minimum Gasteiger partial charge on any atom is -0.207 e. The second-order valence-electron chi connectivity index (χ2n) is 10.7. The molecule has 2 aliphatic carbocycles. The van der Waals surface area contributed by atoms with Crippen molar-refractivity contribution in [2.45, 2.75) is 0 Å². The SMILES string of the molecule is N#CC(C#N)=C1c2cc(-c3cc(F)cc(F)c3)ccc2-c2cc3c(cc21)-c1ccc(-c2cc(F)cc(F)c2)cc1C3=C(C#N)C#N. The summed E-state index contributed by atoms with van der Waals surface area (Å²) in [6, 6.07) is 27.9. The minimum absolute atomic E-state index is 0.172. The van der Waals surface area contributed by atoms with Crippen LogP contribution >= 0.6 is 0 Å². The van der Waals surface area contributed by atoms with Crippen LogP contribution < -0.4 is 0 Å². The minimum atomic E-state index is -0.754. The van der Waals surface area contributed by atoms with Gasteiger partial charge in [-0.05, 0) is 115 Å². The van der Waals surface area contributed by atoms with E-state index in [9.17, 15) is 38.6 Å². The van der Waals surface area contributed by atoms with Crippen molar-refractivity contribution in [1.29, 1.82) is 21.0 Å². The van der Waals surface area contributed by atoms with E-state index in [1.54, 1.807) is 48.5 Å². The predicted octanol–water partition coefficient (Wildman–Crippen LogP) is 9.24. The maximum atomic E-state index is 14.1. The van der Waals surface area contributed by atoms with Gasteiger partial charge in [-0.15, -0.1) is 0 Å². The number of halogens is 4. The number of rotatable bonds is 2. The van der Waals surface area contributed by atoms with E-state index in [1.165, 1.54) is 24.3 Å². The van der Waals surface area contributed by atoms with Crippen LogP contribution in [-0.4, -0.2) is 0 Å². The van der Waals surface area contributed by atoms with E-state index in [4.69, 9.17) is 0 Å². The summed E-state index contributed by atoms with van der Waals surface area (Å²) in [6.07, 6.45) is 0. The molecule has 2 aliphatic rings. The number of hydrogen-bond acceptors (Lipinski definition) is 4. The molecule has 0 spiro atoms. The molecule has 0 saturated heterocycles. The van der Waals surface area contributed by atoms with Crippen molar-refractivity contribution in [2.24, 2.45) is 0 Å². The Hall–Kier alpha value is -6.74. The molecule has 0 amide bonds. The third-order valence-electron chi connectivity index (χ3n) is 8.19. The topological polar surface area (TPSA) is 95.2 Å². The summed E-state index contributed by atoms with van der Waals surface area (Å²) < 4.78 is 56.3. The molecule has 0 bridgehead atoms. The van der Waals surface area contributed by atoms with Crippen LogP contribution in [0.2, 0.25) is 0 Å². The fourth-order valence-corrected chi connectivity index (χ4v) is 6.33. The van der Waals surface area contributed by atoms with Gasteiger partial charge in [-0.25, -0.2) is 17.6 Å². The number of fused-ring (bicyclic) bond motifs is 6. The van der Waals surface area contributed by atoms with E-state index in [0.717, 1.165) is 12.1 Å². The molecule has 0 saturated carbocycles.